The van der Waals surface area contributed by atoms with Gasteiger partial charge in [0.15, 0.2) is 0 Å². The molecule has 1 atom stereocenters. The highest BCUT2D eigenvalue weighted by atomic mass is 35.5. The zero-order valence-corrected chi connectivity index (χ0v) is 12.0. The van der Waals surface area contributed by atoms with Crippen LogP contribution < -0.4 is 5.73 Å². The summed E-state index contributed by atoms with van der Waals surface area (Å²) in [5.41, 5.74) is 6.36. The summed E-state index contributed by atoms with van der Waals surface area (Å²) in [7, 11) is 1.94. The minimum atomic E-state index is -0.495. The molecule has 1 rings (SSSR count). The third-order valence-electron chi connectivity index (χ3n) is 2.63. The molecule has 0 heterocycles. The lowest BCUT2D eigenvalue weighted by Gasteiger charge is -2.23. The maximum atomic E-state index is 13.1. The van der Waals surface area contributed by atoms with Crippen LogP contribution in [0.25, 0.3) is 0 Å². The van der Waals surface area contributed by atoms with Crippen molar-refractivity contribution in [2.45, 2.75) is 19.5 Å². The number of likely N-dealkylation sites (N-methyl/N-ethyl adjacent to an activating group) is 1. The van der Waals surface area contributed by atoms with Crippen molar-refractivity contribution in [3.63, 3.8) is 0 Å². The Bertz CT molecular complexity index is 374. The van der Waals surface area contributed by atoms with Crippen LogP contribution in [0.4, 0.5) is 4.39 Å². The number of nitrogens with two attached hydrogens (primary N) is 1. The number of rotatable bonds is 4. The van der Waals surface area contributed by atoms with Gasteiger partial charge < -0.3 is 5.73 Å². The highest BCUT2D eigenvalue weighted by molar-refractivity contribution is 6.42. The molecule has 17 heavy (non-hydrogen) atoms. The van der Waals surface area contributed by atoms with Crippen LogP contribution in [0.1, 0.15) is 12.5 Å². The standard InChI is InChI=1S/C11H15Cl2FN2.ClH/c1-7(5-15)16(2)6-8-3-4-9(14)11(13)10(8)12;/h3-4,7H,5-6,15H2,1-2H3;1H. The average molecular weight is 302 g/mol. The van der Waals surface area contributed by atoms with E-state index in [4.69, 9.17) is 28.9 Å². The predicted molar refractivity (Wildman–Crippen MR) is 73.7 cm³/mol. The molecular weight excluding hydrogens is 285 g/mol. The number of hydrogen-bond donors (Lipinski definition) is 1. The normalized spacial score (nSPS) is 12.4. The molecule has 98 valence electrons. The Kier molecular flexibility index (Phi) is 7.37. The van der Waals surface area contributed by atoms with Crippen molar-refractivity contribution in [1.29, 1.82) is 0 Å². The van der Waals surface area contributed by atoms with Gasteiger partial charge in [-0.1, -0.05) is 29.3 Å². The van der Waals surface area contributed by atoms with E-state index >= 15 is 0 Å². The number of benzene rings is 1. The first kappa shape index (κ1) is 16.9. The second kappa shape index (κ2) is 7.39. The second-order valence-electron chi connectivity index (χ2n) is 3.83. The lowest BCUT2D eigenvalue weighted by atomic mass is 10.2. The molecule has 1 aromatic rings. The summed E-state index contributed by atoms with van der Waals surface area (Å²) in [6.45, 7) is 3.17. The average Bonchev–Trinajstić information content (AvgIpc) is 2.28. The summed E-state index contributed by atoms with van der Waals surface area (Å²) in [4.78, 5) is 2.04. The second-order valence-corrected chi connectivity index (χ2v) is 4.59. The fraction of sp³-hybridized carbons (Fsp3) is 0.455. The largest absolute Gasteiger partial charge is 0.329 e. The Hall–Kier alpha value is -0.0600. The Labute approximate surface area is 117 Å². The van der Waals surface area contributed by atoms with Crippen LogP contribution in [0.15, 0.2) is 12.1 Å². The van der Waals surface area contributed by atoms with E-state index in [2.05, 4.69) is 0 Å². The van der Waals surface area contributed by atoms with Crippen molar-refractivity contribution < 1.29 is 4.39 Å². The molecule has 0 spiro atoms. The first-order valence-electron chi connectivity index (χ1n) is 5.00. The van der Waals surface area contributed by atoms with Crippen LogP contribution in [-0.2, 0) is 6.54 Å². The fourth-order valence-electron chi connectivity index (χ4n) is 1.29. The van der Waals surface area contributed by atoms with Gasteiger partial charge >= 0.3 is 0 Å². The van der Waals surface area contributed by atoms with Crippen LogP contribution in [0.5, 0.6) is 0 Å². The van der Waals surface area contributed by atoms with Gasteiger partial charge in [0.25, 0.3) is 0 Å². The molecule has 0 saturated heterocycles. The number of halogens is 4. The summed E-state index contributed by atoms with van der Waals surface area (Å²) in [6, 6.07) is 3.20. The summed E-state index contributed by atoms with van der Waals surface area (Å²) < 4.78 is 13.1. The number of nitrogens with zero attached hydrogens (tertiary/aromatic N) is 1. The Morgan fingerprint density at radius 2 is 1.94 bits per heavy atom. The first-order chi connectivity index (χ1) is 7.47. The third-order valence-corrected chi connectivity index (χ3v) is 3.53. The van der Waals surface area contributed by atoms with Crippen molar-refractivity contribution in [3.05, 3.63) is 33.6 Å². The molecule has 0 aliphatic heterocycles. The van der Waals surface area contributed by atoms with E-state index < -0.39 is 5.82 Å². The van der Waals surface area contributed by atoms with E-state index in [1.165, 1.54) is 6.07 Å². The Morgan fingerprint density at radius 3 is 2.47 bits per heavy atom. The molecule has 1 aromatic carbocycles. The first-order valence-corrected chi connectivity index (χ1v) is 5.75. The van der Waals surface area contributed by atoms with E-state index in [9.17, 15) is 4.39 Å². The summed E-state index contributed by atoms with van der Waals surface area (Å²) in [5.74, 6) is -0.495. The van der Waals surface area contributed by atoms with Crippen LogP contribution in [0.2, 0.25) is 10.0 Å². The van der Waals surface area contributed by atoms with Gasteiger partial charge in [0.1, 0.15) is 5.82 Å². The van der Waals surface area contributed by atoms with Crippen molar-refractivity contribution in [2.75, 3.05) is 13.6 Å². The zero-order valence-electron chi connectivity index (χ0n) is 9.71. The van der Waals surface area contributed by atoms with Crippen LogP contribution >= 0.6 is 35.6 Å². The summed E-state index contributed by atoms with van der Waals surface area (Å²) in [5, 5.41) is 0.255. The van der Waals surface area contributed by atoms with E-state index in [0.29, 0.717) is 13.1 Å². The van der Waals surface area contributed by atoms with E-state index in [1.54, 1.807) is 6.07 Å². The highest BCUT2D eigenvalue weighted by Gasteiger charge is 2.13. The van der Waals surface area contributed by atoms with Crippen molar-refractivity contribution in [3.8, 4) is 0 Å². The van der Waals surface area contributed by atoms with Crippen LogP contribution in [0.3, 0.4) is 0 Å². The summed E-state index contributed by atoms with van der Waals surface area (Å²) >= 11 is 11.7. The van der Waals surface area contributed by atoms with E-state index in [1.807, 2.05) is 18.9 Å². The predicted octanol–water partition coefficient (Wildman–Crippen LogP) is 3.33. The molecule has 0 aliphatic carbocycles. The topological polar surface area (TPSA) is 29.3 Å². The molecule has 0 radical (unpaired) electrons. The SMILES string of the molecule is CC(CN)N(C)Cc1ccc(F)c(Cl)c1Cl.Cl. The summed E-state index contributed by atoms with van der Waals surface area (Å²) in [6.07, 6.45) is 0. The molecule has 2 N–H and O–H groups in total. The van der Waals surface area contributed by atoms with Gasteiger partial charge in [-0.3, -0.25) is 4.90 Å². The minimum absolute atomic E-state index is 0. The molecule has 0 fully saturated rings. The van der Waals surface area contributed by atoms with Crippen molar-refractivity contribution >= 4 is 35.6 Å². The molecule has 0 saturated carbocycles. The monoisotopic (exact) mass is 300 g/mol. The Balaban J connectivity index is 0.00000256. The van der Waals surface area contributed by atoms with Gasteiger partial charge in [0.2, 0.25) is 0 Å². The Morgan fingerprint density at radius 1 is 1.35 bits per heavy atom. The van der Waals surface area contributed by atoms with Gasteiger partial charge in [0.05, 0.1) is 10.0 Å². The van der Waals surface area contributed by atoms with E-state index in [0.717, 1.165) is 5.56 Å². The molecule has 0 aliphatic rings. The molecule has 0 amide bonds. The lowest BCUT2D eigenvalue weighted by Crippen LogP contribution is -2.34. The van der Waals surface area contributed by atoms with Gasteiger partial charge in [-0.2, -0.15) is 0 Å². The van der Waals surface area contributed by atoms with Gasteiger partial charge in [-0.15, -0.1) is 12.4 Å². The molecule has 1 unspecified atom stereocenters. The maximum Gasteiger partial charge on any atom is 0.143 e. The quantitative estimate of drug-likeness (QED) is 0.864. The van der Waals surface area contributed by atoms with Gasteiger partial charge in [0, 0.05) is 19.1 Å². The number of hydrogen-bond acceptors (Lipinski definition) is 2. The highest BCUT2D eigenvalue weighted by Crippen LogP contribution is 2.29. The van der Waals surface area contributed by atoms with Gasteiger partial charge in [-0.05, 0) is 25.6 Å². The van der Waals surface area contributed by atoms with Crippen LogP contribution in [-0.4, -0.2) is 24.5 Å². The van der Waals surface area contributed by atoms with Gasteiger partial charge in [-0.25, -0.2) is 4.39 Å². The molecule has 6 heteroatoms. The molecular formula is C11H16Cl3FN2. The maximum absolute atomic E-state index is 13.1. The smallest absolute Gasteiger partial charge is 0.143 e. The van der Waals surface area contributed by atoms with Crippen molar-refractivity contribution in [1.82, 2.24) is 4.90 Å². The zero-order chi connectivity index (χ0) is 12.3. The minimum Gasteiger partial charge on any atom is -0.329 e. The third kappa shape index (κ3) is 4.27. The molecule has 0 bridgehead atoms. The lowest BCUT2D eigenvalue weighted by molar-refractivity contribution is 0.255. The molecule has 0 aromatic heterocycles. The van der Waals surface area contributed by atoms with Crippen LogP contribution in [0, 0.1) is 5.82 Å². The van der Waals surface area contributed by atoms with E-state index in [-0.39, 0.29) is 28.5 Å². The van der Waals surface area contributed by atoms with Crippen molar-refractivity contribution in [2.24, 2.45) is 5.73 Å². The fourth-order valence-corrected chi connectivity index (χ4v) is 1.69. The molecule has 2 nitrogen and oxygen atoms in total.